The molecule has 0 atom stereocenters. The number of nitrogens with zero attached hydrogens (tertiary/aromatic N) is 3. The van der Waals surface area contributed by atoms with Crippen LogP contribution in [-0.2, 0) is 19.6 Å². The van der Waals surface area contributed by atoms with Crippen LogP contribution in [0, 0.1) is 0 Å². The number of oxazole rings is 1. The summed E-state index contributed by atoms with van der Waals surface area (Å²) < 4.78 is 77.1. The van der Waals surface area contributed by atoms with Gasteiger partial charge in [0.2, 0.25) is 5.89 Å². The minimum Gasteiger partial charge on any atom is -0.487 e. The summed E-state index contributed by atoms with van der Waals surface area (Å²) in [4.78, 5) is 6.33. The average Bonchev–Trinajstić information content (AvgIpc) is 3.51. The highest BCUT2D eigenvalue weighted by molar-refractivity contribution is 8.45. The minimum atomic E-state index is -9.68. The van der Waals surface area contributed by atoms with Crippen LogP contribution < -0.4 is 4.74 Å². The van der Waals surface area contributed by atoms with Crippen LogP contribution in [0.3, 0.4) is 0 Å². The van der Waals surface area contributed by atoms with E-state index in [1.165, 1.54) is 24.0 Å². The van der Waals surface area contributed by atoms with Gasteiger partial charge in [-0.05, 0) is 60.7 Å². The molecule has 0 radical (unpaired) electrons. The summed E-state index contributed by atoms with van der Waals surface area (Å²) in [6.45, 7) is 1.11. The number of halogens is 5. The number of aryl methyl sites for hydroxylation is 2. The van der Waals surface area contributed by atoms with E-state index in [1.54, 1.807) is 6.20 Å². The molecule has 0 saturated heterocycles. The summed E-state index contributed by atoms with van der Waals surface area (Å²) in [6, 6.07) is 10.5. The number of aromatic nitrogens is 3. The highest BCUT2D eigenvalue weighted by atomic mass is 32.5. The molecule has 4 rings (SSSR count). The van der Waals surface area contributed by atoms with Gasteiger partial charge in [-0.3, -0.25) is 0 Å². The van der Waals surface area contributed by atoms with E-state index in [1.807, 2.05) is 36.8 Å². The lowest BCUT2D eigenvalue weighted by atomic mass is 10.1. The van der Waals surface area contributed by atoms with Gasteiger partial charge in [0.25, 0.3) is 0 Å². The maximum absolute atomic E-state index is 12.8. The Morgan fingerprint density at radius 1 is 0.917 bits per heavy atom. The van der Waals surface area contributed by atoms with Gasteiger partial charge < -0.3 is 13.7 Å². The van der Waals surface area contributed by atoms with Gasteiger partial charge in [-0.2, -0.15) is 0 Å². The first-order valence-corrected chi connectivity index (χ1v) is 13.0. The van der Waals surface area contributed by atoms with Crippen LogP contribution in [-0.4, -0.2) is 14.5 Å². The molecule has 2 aromatic heterocycles. The van der Waals surface area contributed by atoms with E-state index in [-0.39, 0.29) is 12.5 Å². The number of ether oxygens (including phenoxy) is 1. The van der Waals surface area contributed by atoms with Crippen LogP contribution in [0.25, 0.3) is 12.2 Å². The third-order valence-corrected chi connectivity index (χ3v) is 6.48. The zero-order chi connectivity index (χ0) is 25.7. The first kappa shape index (κ1) is 25.5. The van der Waals surface area contributed by atoms with Crippen LogP contribution in [0.15, 0.2) is 82.8 Å². The molecule has 0 fully saturated rings. The van der Waals surface area contributed by atoms with Gasteiger partial charge in [0.15, 0.2) is 0 Å². The van der Waals surface area contributed by atoms with Crippen LogP contribution in [0.1, 0.15) is 35.6 Å². The summed E-state index contributed by atoms with van der Waals surface area (Å²) in [6.07, 6.45) is 12.9. The van der Waals surface area contributed by atoms with Crippen LogP contribution >= 0.6 is 10.2 Å². The van der Waals surface area contributed by atoms with Crippen molar-refractivity contribution in [3.05, 3.63) is 96.2 Å². The van der Waals surface area contributed by atoms with E-state index in [2.05, 4.69) is 14.5 Å². The number of hydrogen-bond acceptors (Lipinski definition) is 4. The third-order valence-electron chi connectivity index (χ3n) is 5.31. The largest absolute Gasteiger partial charge is 0.487 e. The summed E-state index contributed by atoms with van der Waals surface area (Å²) in [5.41, 5.74) is 2.03. The molecule has 4 aromatic rings. The quantitative estimate of drug-likeness (QED) is 0.146. The first-order chi connectivity index (χ1) is 16.9. The average molecular weight is 526 g/mol. The van der Waals surface area contributed by atoms with Crippen molar-refractivity contribution in [1.29, 1.82) is 0 Å². The summed E-state index contributed by atoms with van der Waals surface area (Å²) in [7, 11) is -9.68. The van der Waals surface area contributed by atoms with Crippen LogP contribution in [0.2, 0.25) is 0 Å². The molecular weight excluding hydrogens is 501 g/mol. The van der Waals surface area contributed by atoms with Crippen LogP contribution in [0.4, 0.5) is 19.4 Å². The molecule has 0 aliphatic rings. The second kappa shape index (κ2) is 9.45. The van der Waals surface area contributed by atoms with Gasteiger partial charge in [0.1, 0.15) is 29.2 Å². The van der Waals surface area contributed by atoms with Crippen molar-refractivity contribution in [2.45, 2.75) is 37.3 Å². The Labute approximate surface area is 205 Å². The fourth-order valence-electron chi connectivity index (χ4n) is 3.42. The standard InChI is InChI=1S/C25H24F5N3O2S/c26-36(27,28,29,30)24-11-6-21(7-12-24)8-13-25-32-22(18-35-25)17-34-23-9-4-20(5-10-23)3-1-2-15-33-16-14-31-19-33/h4-14,16,18-19H,1-3,15,17H2. The van der Waals surface area contributed by atoms with Gasteiger partial charge >= 0.3 is 10.2 Å². The molecule has 0 unspecified atom stereocenters. The Morgan fingerprint density at radius 3 is 2.33 bits per heavy atom. The van der Waals surface area contributed by atoms with Crippen molar-refractivity contribution < 1.29 is 28.6 Å². The highest BCUT2D eigenvalue weighted by Crippen LogP contribution is 3.02. The highest BCUT2D eigenvalue weighted by Gasteiger charge is 2.65. The predicted octanol–water partition coefficient (Wildman–Crippen LogP) is 8.30. The number of hydrogen-bond donors (Lipinski definition) is 0. The van der Waals surface area contributed by atoms with E-state index in [0.717, 1.165) is 37.9 Å². The lowest BCUT2D eigenvalue weighted by molar-refractivity contribution is 0.301. The lowest BCUT2D eigenvalue weighted by Gasteiger charge is -2.40. The van der Waals surface area contributed by atoms with E-state index < -0.39 is 15.1 Å². The summed E-state index contributed by atoms with van der Waals surface area (Å²) in [5, 5.41) is 0. The van der Waals surface area contributed by atoms with Crippen molar-refractivity contribution in [2.75, 3.05) is 0 Å². The van der Waals surface area contributed by atoms with Crippen molar-refractivity contribution in [1.82, 2.24) is 14.5 Å². The number of rotatable bonds is 11. The second-order valence-electron chi connectivity index (χ2n) is 8.24. The molecule has 5 nitrogen and oxygen atoms in total. The molecular formula is C25H24F5N3O2S. The van der Waals surface area contributed by atoms with Crippen molar-refractivity contribution >= 4 is 22.4 Å². The zero-order valence-electron chi connectivity index (χ0n) is 19.1. The molecule has 0 aliphatic carbocycles. The molecule has 2 aromatic carbocycles. The molecule has 2 heterocycles. The maximum atomic E-state index is 12.8. The smallest absolute Gasteiger partial charge is 0.310 e. The molecule has 36 heavy (non-hydrogen) atoms. The molecule has 0 amide bonds. The van der Waals surface area contributed by atoms with Crippen molar-refractivity contribution in [2.24, 2.45) is 0 Å². The van der Waals surface area contributed by atoms with E-state index >= 15 is 0 Å². The van der Waals surface area contributed by atoms with Gasteiger partial charge in [-0.15, -0.1) is 0 Å². The molecule has 0 spiro atoms. The third kappa shape index (κ3) is 7.45. The zero-order valence-corrected chi connectivity index (χ0v) is 19.9. The normalized spacial score (nSPS) is 14.0. The fourth-order valence-corrected chi connectivity index (χ4v) is 4.07. The Balaban J connectivity index is 1.23. The van der Waals surface area contributed by atoms with Gasteiger partial charge in [-0.1, -0.05) is 43.7 Å². The Morgan fingerprint density at radius 2 is 1.67 bits per heavy atom. The topological polar surface area (TPSA) is 53.1 Å². The van der Waals surface area contributed by atoms with E-state index in [9.17, 15) is 19.4 Å². The number of benzene rings is 2. The Bertz CT molecular complexity index is 1300. The molecule has 0 saturated carbocycles. The van der Waals surface area contributed by atoms with Crippen molar-refractivity contribution in [3.63, 3.8) is 0 Å². The number of unbranched alkanes of at least 4 members (excludes halogenated alkanes) is 1. The molecule has 11 heteroatoms. The van der Waals surface area contributed by atoms with Gasteiger partial charge in [0.05, 0.1) is 6.33 Å². The Hall–Kier alpha value is -3.60. The van der Waals surface area contributed by atoms with E-state index in [4.69, 9.17) is 9.15 Å². The molecule has 0 aliphatic heterocycles. The monoisotopic (exact) mass is 525 g/mol. The fraction of sp³-hybridized carbons (Fsp3) is 0.200. The van der Waals surface area contributed by atoms with Crippen LogP contribution in [0.5, 0.6) is 5.75 Å². The molecule has 192 valence electrons. The lowest BCUT2D eigenvalue weighted by Crippen LogP contribution is -2.05. The molecule has 0 N–H and O–H groups in total. The van der Waals surface area contributed by atoms with Gasteiger partial charge in [-0.25, -0.2) is 9.97 Å². The number of imidazole rings is 1. The minimum absolute atomic E-state index is 0.167. The predicted molar refractivity (Wildman–Crippen MR) is 129 cm³/mol. The SMILES string of the molecule is FS(F)(F)(F)(F)c1ccc(C=Cc2nc(COc3ccc(CCCCn4ccnc4)cc3)co2)cc1. The van der Waals surface area contributed by atoms with Crippen molar-refractivity contribution in [3.8, 4) is 5.75 Å². The second-order valence-corrected chi connectivity index (χ2v) is 10.6. The maximum Gasteiger partial charge on any atom is 0.310 e. The first-order valence-electron chi connectivity index (χ1n) is 11.1. The Kier molecular flexibility index (Phi) is 6.70. The summed E-state index contributed by atoms with van der Waals surface area (Å²) in [5.74, 6) is 0.887. The van der Waals surface area contributed by atoms with Gasteiger partial charge in [0, 0.05) is 25.0 Å². The van der Waals surface area contributed by atoms with E-state index in [0.29, 0.717) is 29.1 Å². The molecule has 0 bridgehead atoms. The summed E-state index contributed by atoms with van der Waals surface area (Å²) >= 11 is 0.